The number of aromatic nitrogens is 1. The van der Waals surface area contributed by atoms with Gasteiger partial charge in [-0.3, -0.25) is 9.78 Å². The molecular weight excluding hydrogens is 290 g/mol. The number of hydrogen-bond acceptors (Lipinski definition) is 4. The van der Waals surface area contributed by atoms with E-state index in [2.05, 4.69) is 17.1 Å². The van der Waals surface area contributed by atoms with E-state index in [9.17, 15) is 4.79 Å². The zero-order valence-corrected chi connectivity index (χ0v) is 12.7. The average Bonchev–Trinajstić information content (AvgIpc) is 3.19. The number of nitrogens with zero attached hydrogens (tertiary/aromatic N) is 1. The third-order valence-electron chi connectivity index (χ3n) is 4.33. The second-order valence-corrected chi connectivity index (χ2v) is 5.93. The molecule has 0 unspecified atom stereocenters. The van der Waals surface area contributed by atoms with Gasteiger partial charge in [-0.05, 0) is 48.6 Å². The van der Waals surface area contributed by atoms with Gasteiger partial charge in [-0.15, -0.1) is 0 Å². The number of benzene rings is 1. The van der Waals surface area contributed by atoms with Crippen LogP contribution in [0.4, 0.5) is 0 Å². The quantitative estimate of drug-likeness (QED) is 0.691. The summed E-state index contributed by atoms with van der Waals surface area (Å²) in [7, 11) is 0. The van der Waals surface area contributed by atoms with Crippen LogP contribution in [0.15, 0.2) is 47.3 Å². The van der Waals surface area contributed by atoms with Crippen LogP contribution in [0.2, 0.25) is 0 Å². The molecule has 4 rings (SSSR count). The second kappa shape index (κ2) is 5.88. The largest absolute Gasteiger partial charge is 0.464 e. The van der Waals surface area contributed by atoms with Crippen LogP contribution in [0, 0.1) is 0 Å². The summed E-state index contributed by atoms with van der Waals surface area (Å²) in [4.78, 5) is 16.1. The maximum Gasteiger partial charge on any atom is 0.310 e. The van der Waals surface area contributed by atoms with Gasteiger partial charge in [0.2, 0.25) is 0 Å². The molecule has 23 heavy (non-hydrogen) atoms. The van der Waals surface area contributed by atoms with Crippen LogP contribution in [0.1, 0.15) is 28.7 Å². The van der Waals surface area contributed by atoms with Crippen LogP contribution >= 0.6 is 0 Å². The fourth-order valence-electron chi connectivity index (χ4n) is 3.14. The smallest absolute Gasteiger partial charge is 0.310 e. The molecule has 0 spiro atoms. The molecule has 0 radical (unpaired) electrons. The van der Waals surface area contributed by atoms with Gasteiger partial charge in [0.1, 0.15) is 12.2 Å². The lowest BCUT2D eigenvalue weighted by Crippen LogP contribution is -2.07. The molecule has 4 heteroatoms. The van der Waals surface area contributed by atoms with Crippen molar-refractivity contribution in [3.63, 3.8) is 0 Å². The maximum atomic E-state index is 12.1. The van der Waals surface area contributed by atoms with E-state index in [1.54, 1.807) is 18.7 Å². The second-order valence-electron chi connectivity index (χ2n) is 5.93. The Balaban J connectivity index is 1.48. The Hall–Kier alpha value is -2.62. The van der Waals surface area contributed by atoms with Crippen LogP contribution < -0.4 is 0 Å². The minimum absolute atomic E-state index is 0.228. The highest BCUT2D eigenvalue weighted by Crippen LogP contribution is 2.30. The number of furan rings is 1. The average molecular weight is 307 g/mol. The van der Waals surface area contributed by atoms with Gasteiger partial charge in [-0.25, -0.2) is 0 Å². The number of aryl methyl sites for hydroxylation is 2. The minimum atomic E-state index is -0.253. The molecule has 1 aromatic carbocycles. The first-order valence-electron chi connectivity index (χ1n) is 7.86. The predicted molar refractivity (Wildman–Crippen MR) is 86.0 cm³/mol. The Morgan fingerprint density at radius 2 is 2.13 bits per heavy atom. The topological polar surface area (TPSA) is 52.3 Å². The lowest BCUT2D eigenvalue weighted by atomic mass is 10.0. The summed E-state index contributed by atoms with van der Waals surface area (Å²) in [5, 5.41) is 1.03. The summed E-state index contributed by atoms with van der Waals surface area (Å²) >= 11 is 0. The standard InChI is InChI=1S/C19H17NO3/c21-19(23-11-13-3-2-6-20-10-13)9-16-12-22-18-8-15-5-1-4-14(15)7-17(16)18/h2-3,6-8,10,12H,1,4-5,9,11H2. The number of carbonyl (C=O) groups is 1. The number of rotatable bonds is 4. The molecule has 4 nitrogen and oxygen atoms in total. The first kappa shape index (κ1) is 14.0. The Bertz CT molecular complexity index is 852. The van der Waals surface area contributed by atoms with Crippen molar-refractivity contribution < 1.29 is 13.9 Å². The van der Waals surface area contributed by atoms with Crippen molar-refractivity contribution in [3.8, 4) is 0 Å². The van der Waals surface area contributed by atoms with Crippen LogP contribution in [-0.4, -0.2) is 11.0 Å². The molecule has 116 valence electrons. The van der Waals surface area contributed by atoms with Crippen molar-refractivity contribution in [3.05, 3.63) is 65.2 Å². The van der Waals surface area contributed by atoms with E-state index in [-0.39, 0.29) is 19.0 Å². The molecule has 0 saturated carbocycles. The van der Waals surface area contributed by atoms with Gasteiger partial charge < -0.3 is 9.15 Å². The minimum Gasteiger partial charge on any atom is -0.464 e. The molecule has 0 aliphatic heterocycles. The lowest BCUT2D eigenvalue weighted by molar-refractivity contribution is -0.144. The van der Waals surface area contributed by atoms with Crippen molar-refractivity contribution in [1.29, 1.82) is 0 Å². The number of fused-ring (bicyclic) bond motifs is 2. The molecule has 1 aliphatic carbocycles. The van der Waals surface area contributed by atoms with Crippen LogP contribution in [0.5, 0.6) is 0 Å². The van der Waals surface area contributed by atoms with Crippen LogP contribution in [0.25, 0.3) is 11.0 Å². The van der Waals surface area contributed by atoms with E-state index in [0.717, 1.165) is 34.9 Å². The molecule has 2 heterocycles. The van der Waals surface area contributed by atoms with Gasteiger partial charge in [0.15, 0.2) is 0 Å². The molecule has 3 aromatic rings. The lowest BCUT2D eigenvalue weighted by Gasteiger charge is -2.04. The maximum absolute atomic E-state index is 12.1. The molecule has 0 atom stereocenters. The van der Waals surface area contributed by atoms with E-state index in [4.69, 9.17) is 9.15 Å². The highest BCUT2D eigenvalue weighted by Gasteiger charge is 2.17. The Morgan fingerprint density at radius 1 is 1.26 bits per heavy atom. The molecule has 0 N–H and O–H groups in total. The highest BCUT2D eigenvalue weighted by molar-refractivity contribution is 5.87. The Labute approximate surface area is 134 Å². The van der Waals surface area contributed by atoms with Gasteiger partial charge in [-0.1, -0.05) is 6.07 Å². The molecule has 0 fully saturated rings. The number of ether oxygens (including phenoxy) is 1. The number of hydrogen-bond donors (Lipinski definition) is 0. The van der Waals surface area contributed by atoms with Crippen molar-refractivity contribution in [2.24, 2.45) is 0 Å². The summed E-state index contributed by atoms with van der Waals surface area (Å²) in [5.41, 5.74) is 5.39. The zero-order valence-electron chi connectivity index (χ0n) is 12.7. The fraction of sp³-hybridized carbons (Fsp3) is 0.263. The Kier molecular flexibility index (Phi) is 3.58. The van der Waals surface area contributed by atoms with E-state index >= 15 is 0 Å². The molecule has 0 saturated heterocycles. The number of carbonyl (C=O) groups excluding carboxylic acids is 1. The molecule has 0 amide bonds. The van der Waals surface area contributed by atoms with Crippen molar-refractivity contribution in [1.82, 2.24) is 4.98 Å². The van der Waals surface area contributed by atoms with Gasteiger partial charge in [-0.2, -0.15) is 0 Å². The first-order valence-corrected chi connectivity index (χ1v) is 7.86. The van der Waals surface area contributed by atoms with Crippen molar-refractivity contribution in [2.75, 3.05) is 0 Å². The van der Waals surface area contributed by atoms with Crippen molar-refractivity contribution in [2.45, 2.75) is 32.3 Å². The van der Waals surface area contributed by atoms with Gasteiger partial charge in [0.05, 0.1) is 12.7 Å². The Morgan fingerprint density at radius 3 is 2.96 bits per heavy atom. The third-order valence-corrected chi connectivity index (χ3v) is 4.33. The number of pyridine rings is 1. The highest BCUT2D eigenvalue weighted by atomic mass is 16.5. The molecule has 2 aromatic heterocycles. The van der Waals surface area contributed by atoms with E-state index in [0.29, 0.717) is 0 Å². The van der Waals surface area contributed by atoms with E-state index < -0.39 is 0 Å². The third kappa shape index (κ3) is 2.84. The SMILES string of the molecule is O=C(Cc1coc2cc3c(cc12)CCC3)OCc1cccnc1. The van der Waals surface area contributed by atoms with Crippen molar-refractivity contribution >= 4 is 16.9 Å². The zero-order chi connectivity index (χ0) is 15.6. The van der Waals surface area contributed by atoms with Crippen LogP contribution in [-0.2, 0) is 35.4 Å². The van der Waals surface area contributed by atoms with Gasteiger partial charge >= 0.3 is 5.97 Å². The van der Waals surface area contributed by atoms with Gasteiger partial charge in [0.25, 0.3) is 0 Å². The summed E-state index contributed by atoms with van der Waals surface area (Å²) in [6.07, 6.45) is 8.72. The summed E-state index contributed by atoms with van der Waals surface area (Å²) < 4.78 is 10.9. The normalized spacial score (nSPS) is 13.2. The predicted octanol–water partition coefficient (Wildman–Crippen LogP) is 3.60. The summed E-state index contributed by atoms with van der Waals surface area (Å²) in [6, 6.07) is 8.00. The fourth-order valence-corrected chi connectivity index (χ4v) is 3.14. The van der Waals surface area contributed by atoms with Crippen LogP contribution in [0.3, 0.4) is 0 Å². The van der Waals surface area contributed by atoms with Gasteiger partial charge in [0, 0.05) is 28.9 Å². The van der Waals surface area contributed by atoms with E-state index in [1.807, 2.05) is 12.1 Å². The summed E-state index contributed by atoms with van der Waals surface area (Å²) in [5.74, 6) is -0.253. The monoisotopic (exact) mass is 307 g/mol. The first-order chi connectivity index (χ1) is 11.3. The summed E-state index contributed by atoms with van der Waals surface area (Å²) in [6.45, 7) is 0.248. The number of esters is 1. The molecule has 0 bridgehead atoms. The molecule has 1 aliphatic rings. The molecular formula is C19H17NO3. The van der Waals surface area contributed by atoms with E-state index in [1.165, 1.54) is 17.5 Å².